The van der Waals surface area contributed by atoms with Crippen LogP contribution in [0.5, 0.6) is 0 Å². The molecule has 0 aliphatic carbocycles. The number of hydrogen-bond donors (Lipinski definition) is 3. The molecule has 8 nitrogen and oxygen atoms in total. The van der Waals surface area contributed by atoms with Crippen molar-refractivity contribution in [2.24, 2.45) is 0 Å². The maximum atomic E-state index is 13.3. The second-order valence-electron chi connectivity index (χ2n) is 6.40. The molecule has 3 aromatic rings. The Balaban J connectivity index is 2.04. The number of nitrogens with one attached hydrogen (secondary N) is 1. The highest BCUT2D eigenvalue weighted by molar-refractivity contribution is 7.93. The van der Waals surface area contributed by atoms with Gasteiger partial charge in [-0.3, -0.25) is 4.79 Å². The topological polar surface area (TPSA) is 130 Å². The van der Waals surface area contributed by atoms with E-state index in [-0.39, 0.29) is 20.7 Å². The van der Waals surface area contributed by atoms with Gasteiger partial charge in [-0.2, -0.15) is 0 Å². The number of Topliss-reactive ketones (excluding diaryl/α,β-unsaturated/α-hetero) is 1. The number of halogens is 1. The summed E-state index contributed by atoms with van der Waals surface area (Å²) in [6.07, 6.45) is -2.06. The number of sulfonamides is 1. The van der Waals surface area contributed by atoms with Crippen LogP contribution < -0.4 is 4.72 Å². The Morgan fingerprint density at radius 3 is 2.48 bits per heavy atom. The van der Waals surface area contributed by atoms with E-state index < -0.39 is 27.5 Å². The molecule has 2 heterocycles. The first-order valence-electron chi connectivity index (χ1n) is 8.27. The third-order valence-electron chi connectivity index (χ3n) is 4.50. The van der Waals surface area contributed by atoms with Crippen molar-refractivity contribution in [3.8, 4) is 0 Å². The molecule has 0 spiro atoms. The molecule has 0 bridgehead atoms. The van der Waals surface area contributed by atoms with Crippen molar-refractivity contribution >= 4 is 44.6 Å². The molecule has 2 aromatic heterocycles. The second kappa shape index (κ2) is 7.88. The van der Waals surface area contributed by atoms with Gasteiger partial charge in [0.1, 0.15) is 21.0 Å². The summed E-state index contributed by atoms with van der Waals surface area (Å²) in [5, 5.41) is 25.0. The summed E-state index contributed by atoms with van der Waals surface area (Å²) in [7, 11) is -4.26. The molecule has 1 aromatic carbocycles. The van der Waals surface area contributed by atoms with Crippen LogP contribution in [0.4, 0.5) is 5.88 Å². The average molecular weight is 457 g/mol. The van der Waals surface area contributed by atoms with Crippen LogP contribution in [0.15, 0.2) is 51.2 Å². The van der Waals surface area contributed by atoms with Crippen molar-refractivity contribution in [2.75, 3.05) is 4.72 Å². The highest BCUT2D eigenvalue weighted by Gasteiger charge is 2.44. The van der Waals surface area contributed by atoms with Crippen molar-refractivity contribution in [3.05, 3.63) is 62.9 Å². The first kappa shape index (κ1) is 21.5. The molecule has 0 fully saturated rings. The molecule has 154 valence electrons. The van der Waals surface area contributed by atoms with Gasteiger partial charge < -0.3 is 14.7 Å². The van der Waals surface area contributed by atoms with Crippen LogP contribution in [0.25, 0.3) is 0 Å². The van der Waals surface area contributed by atoms with Crippen LogP contribution in [0.1, 0.15) is 27.9 Å². The summed E-state index contributed by atoms with van der Waals surface area (Å²) in [4.78, 5) is 12.8. The third-order valence-corrected chi connectivity index (χ3v) is 7.37. The van der Waals surface area contributed by atoms with E-state index >= 15 is 0 Å². The lowest BCUT2D eigenvalue weighted by Gasteiger charge is -2.30. The molecule has 3 N–H and O–H groups in total. The number of aryl methyl sites for hydroxylation is 1. The first-order valence-corrected chi connectivity index (χ1v) is 11.0. The van der Waals surface area contributed by atoms with E-state index in [4.69, 9.17) is 16.1 Å². The van der Waals surface area contributed by atoms with E-state index in [9.17, 15) is 23.4 Å². The van der Waals surface area contributed by atoms with Gasteiger partial charge in [-0.15, -0.1) is 11.3 Å². The highest BCUT2D eigenvalue weighted by atomic mass is 35.5. The quantitative estimate of drug-likeness (QED) is 0.368. The molecule has 1 unspecified atom stereocenters. The number of nitrogens with zero attached hydrogens (tertiary/aromatic N) is 1. The monoisotopic (exact) mass is 456 g/mol. The van der Waals surface area contributed by atoms with Gasteiger partial charge in [0.15, 0.2) is 12.1 Å². The summed E-state index contributed by atoms with van der Waals surface area (Å²) >= 11 is 6.83. The van der Waals surface area contributed by atoms with Crippen molar-refractivity contribution in [3.63, 3.8) is 0 Å². The molecule has 29 heavy (non-hydrogen) atoms. The fraction of sp³-hybridized carbons (Fsp3) is 0.222. The van der Waals surface area contributed by atoms with E-state index in [1.54, 1.807) is 30.3 Å². The Morgan fingerprint density at radius 2 is 1.93 bits per heavy atom. The second-order valence-corrected chi connectivity index (χ2v) is 9.35. The molecule has 0 aliphatic rings. The number of anilines is 1. The minimum absolute atomic E-state index is 0.00316. The number of hydrogen-bond acceptors (Lipinski definition) is 8. The Hall–Kier alpha value is -2.24. The third kappa shape index (κ3) is 3.81. The number of aliphatic hydroxyl groups is 2. The predicted octanol–water partition coefficient (Wildman–Crippen LogP) is 2.95. The zero-order chi connectivity index (χ0) is 21.4. The normalized spacial score (nSPS) is 14.0. The van der Waals surface area contributed by atoms with Gasteiger partial charge in [0.2, 0.25) is 0 Å². The molecular weight excluding hydrogens is 440 g/mol. The zero-order valence-electron chi connectivity index (χ0n) is 15.3. The average Bonchev–Trinajstić information content (AvgIpc) is 3.30. The van der Waals surface area contributed by atoms with Gasteiger partial charge in [0, 0.05) is 0 Å². The Kier molecular flexibility index (Phi) is 5.84. The molecule has 0 radical (unpaired) electrons. The maximum Gasteiger partial charge on any atom is 0.265 e. The number of aromatic nitrogens is 1. The van der Waals surface area contributed by atoms with Gasteiger partial charge in [0.05, 0.1) is 4.88 Å². The number of carbonyl (C=O) groups is 1. The molecule has 11 heteroatoms. The van der Waals surface area contributed by atoms with Crippen LogP contribution in [0.3, 0.4) is 0 Å². The summed E-state index contributed by atoms with van der Waals surface area (Å²) in [6.45, 7) is 2.88. The molecular formula is C18H17ClN2O6S2. The van der Waals surface area contributed by atoms with Gasteiger partial charge >= 0.3 is 0 Å². The standard InChI is InChI=1S/C18H17ClN2O6S2/c1-10-13(19)16(27-20-10)21-29(25,26)12-8-9-28-14(12)15(22)18(2,17(23)24)11-6-4-3-5-7-11/h3-9,17,21,23-24H,1-2H3. The van der Waals surface area contributed by atoms with E-state index in [1.807, 2.05) is 0 Å². The van der Waals surface area contributed by atoms with E-state index in [0.717, 1.165) is 11.3 Å². The number of ketones is 1. The SMILES string of the molecule is Cc1noc(NS(=O)(=O)c2ccsc2C(=O)C(C)(c2ccccc2)C(O)O)c1Cl. The fourth-order valence-corrected chi connectivity index (χ4v) is 5.34. The van der Waals surface area contributed by atoms with Crippen molar-refractivity contribution < 1.29 is 27.9 Å². The van der Waals surface area contributed by atoms with Crippen LogP contribution in [0.2, 0.25) is 5.02 Å². The van der Waals surface area contributed by atoms with E-state index in [2.05, 4.69) is 9.88 Å². The van der Waals surface area contributed by atoms with Gasteiger partial charge in [-0.25, -0.2) is 13.1 Å². The van der Waals surface area contributed by atoms with Gasteiger partial charge in [-0.05, 0) is 30.9 Å². The summed E-state index contributed by atoms with van der Waals surface area (Å²) in [5.41, 5.74) is -1.15. The number of benzene rings is 1. The number of aliphatic hydroxyl groups excluding tert-OH is 1. The lowest BCUT2D eigenvalue weighted by Crippen LogP contribution is -2.44. The van der Waals surface area contributed by atoms with Gasteiger partial charge in [0.25, 0.3) is 15.9 Å². The molecule has 3 rings (SSSR count). The predicted molar refractivity (Wildman–Crippen MR) is 108 cm³/mol. The molecule has 0 amide bonds. The highest BCUT2D eigenvalue weighted by Crippen LogP contribution is 2.36. The molecule has 0 aliphatic heterocycles. The zero-order valence-corrected chi connectivity index (χ0v) is 17.7. The summed E-state index contributed by atoms with van der Waals surface area (Å²) in [5.74, 6) is -1.03. The van der Waals surface area contributed by atoms with Crippen molar-refractivity contribution in [1.29, 1.82) is 0 Å². The lowest BCUT2D eigenvalue weighted by molar-refractivity contribution is -0.0821. The Labute approximate surface area is 175 Å². The minimum atomic E-state index is -4.26. The first-order chi connectivity index (χ1) is 13.6. The van der Waals surface area contributed by atoms with Crippen LogP contribution in [0, 0.1) is 6.92 Å². The Morgan fingerprint density at radius 1 is 1.28 bits per heavy atom. The lowest BCUT2D eigenvalue weighted by atomic mass is 9.77. The largest absolute Gasteiger partial charge is 0.367 e. The maximum absolute atomic E-state index is 13.3. The van der Waals surface area contributed by atoms with Crippen molar-refractivity contribution in [2.45, 2.75) is 30.4 Å². The fourth-order valence-electron chi connectivity index (χ4n) is 2.69. The van der Waals surface area contributed by atoms with E-state index in [0.29, 0.717) is 11.3 Å². The van der Waals surface area contributed by atoms with Crippen molar-refractivity contribution in [1.82, 2.24) is 5.16 Å². The summed E-state index contributed by atoms with van der Waals surface area (Å²) < 4.78 is 32.7. The summed E-state index contributed by atoms with van der Waals surface area (Å²) in [6, 6.07) is 9.37. The van der Waals surface area contributed by atoms with Crippen LogP contribution in [-0.2, 0) is 15.4 Å². The van der Waals surface area contributed by atoms with E-state index in [1.165, 1.54) is 25.3 Å². The molecule has 0 saturated carbocycles. The number of carbonyl (C=O) groups excluding carboxylic acids is 1. The molecule has 0 saturated heterocycles. The Bertz CT molecular complexity index is 1140. The number of thiophene rings is 1. The van der Waals surface area contributed by atoms with Crippen LogP contribution in [-0.4, -0.2) is 35.9 Å². The minimum Gasteiger partial charge on any atom is -0.367 e. The smallest absolute Gasteiger partial charge is 0.265 e. The number of rotatable bonds is 7. The molecule has 1 atom stereocenters. The van der Waals surface area contributed by atoms with Crippen LogP contribution >= 0.6 is 22.9 Å². The van der Waals surface area contributed by atoms with Gasteiger partial charge in [-0.1, -0.05) is 47.1 Å².